The van der Waals surface area contributed by atoms with E-state index in [4.69, 9.17) is 4.74 Å². The fraction of sp³-hybridized carbons (Fsp3) is 0.818. The summed E-state index contributed by atoms with van der Waals surface area (Å²) in [6.45, 7) is 6.46. The maximum atomic E-state index is 12.9. The Morgan fingerprint density at radius 2 is 2.12 bits per heavy atom. The number of aromatic nitrogens is 3. The van der Waals surface area contributed by atoms with E-state index in [0.29, 0.717) is 45.5 Å². The molecule has 0 radical (unpaired) electrons. The van der Waals surface area contributed by atoms with Crippen LogP contribution in [0, 0.1) is 5.92 Å². The van der Waals surface area contributed by atoms with Gasteiger partial charge in [-0.05, 0) is 40.4 Å². The average molecular weight is 453 g/mol. The van der Waals surface area contributed by atoms with Crippen LogP contribution in [0.2, 0.25) is 0 Å². The number of likely N-dealkylation sites (N-methyl/N-ethyl adjacent to an activating group) is 1. The van der Waals surface area contributed by atoms with Crippen molar-refractivity contribution in [3.8, 4) is 0 Å². The number of rotatable bonds is 8. The number of amides is 2. The molecule has 0 spiro atoms. The molecule has 1 aliphatic heterocycles. The Morgan fingerprint density at radius 1 is 1.38 bits per heavy atom. The maximum Gasteiger partial charge on any atom is 0.222 e. The van der Waals surface area contributed by atoms with Gasteiger partial charge in [0.15, 0.2) is 0 Å². The van der Waals surface area contributed by atoms with Crippen LogP contribution in [0.1, 0.15) is 45.2 Å². The molecule has 10 nitrogen and oxygen atoms in total. The van der Waals surface area contributed by atoms with Gasteiger partial charge in [0, 0.05) is 45.4 Å². The lowest BCUT2D eigenvalue weighted by Gasteiger charge is -2.35. The number of aliphatic hydroxyl groups excluding tert-OH is 1. The predicted octanol–water partition coefficient (Wildman–Crippen LogP) is 0.603. The molecule has 32 heavy (non-hydrogen) atoms. The molecule has 0 fully saturated rings. The summed E-state index contributed by atoms with van der Waals surface area (Å²) >= 11 is 0. The van der Waals surface area contributed by atoms with Gasteiger partial charge in [-0.3, -0.25) is 9.59 Å². The summed E-state index contributed by atoms with van der Waals surface area (Å²) in [5.41, 5.74) is 0.857. The quantitative estimate of drug-likeness (QED) is 0.616. The molecule has 10 heteroatoms. The van der Waals surface area contributed by atoms with Gasteiger partial charge in [0.25, 0.3) is 0 Å². The van der Waals surface area contributed by atoms with Crippen molar-refractivity contribution in [1.29, 1.82) is 0 Å². The lowest BCUT2D eigenvalue weighted by Crippen LogP contribution is -2.48. The number of fused-ring (bicyclic) bond motifs is 1. The summed E-state index contributed by atoms with van der Waals surface area (Å²) in [5.74, 6) is 0.0540. The fourth-order valence-corrected chi connectivity index (χ4v) is 3.86. The zero-order chi connectivity index (χ0) is 23.7. The second kappa shape index (κ2) is 12.9. The Bertz CT molecular complexity index is 725. The summed E-state index contributed by atoms with van der Waals surface area (Å²) in [7, 11) is 5.79. The molecule has 1 aromatic rings. The third kappa shape index (κ3) is 7.83. The molecule has 0 aromatic carbocycles. The number of aliphatic hydroxyl groups is 1. The van der Waals surface area contributed by atoms with Crippen molar-refractivity contribution in [2.45, 2.75) is 64.8 Å². The molecule has 1 aromatic heterocycles. The van der Waals surface area contributed by atoms with E-state index < -0.39 is 0 Å². The molecule has 0 unspecified atom stereocenters. The largest absolute Gasteiger partial charge is 0.394 e. The van der Waals surface area contributed by atoms with Crippen molar-refractivity contribution in [3.63, 3.8) is 0 Å². The molecule has 0 aliphatic carbocycles. The number of aryl methyl sites for hydroxylation is 1. The first kappa shape index (κ1) is 26.2. The number of carbonyl (C=O) groups excluding carboxylic acids is 2. The van der Waals surface area contributed by atoms with Crippen LogP contribution in [0.5, 0.6) is 0 Å². The average Bonchev–Trinajstić information content (AvgIpc) is 3.19. The van der Waals surface area contributed by atoms with Gasteiger partial charge >= 0.3 is 0 Å². The van der Waals surface area contributed by atoms with E-state index in [2.05, 4.69) is 15.2 Å². The molecule has 1 aliphatic rings. The molecule has 0 bridgehead atoms. The molecule has 0 saturated heterocycles. The predicted molar refractivity (Wildman–Crippen MR) is 121 cm³/mol. The Balaban J connectivity index is 2.15. The highest BCUT2D eigenvalue weighted by molar-refractivity contribution is 5.76. The van der Waals surface area contributed by atoms with Crippen molar-refractivity contribution >= 4 is 11.8 Å². The highest BCUT2D eigenvalue weighted by atomic mass is 16.5. The summed E-state index contributed by atoms with van der Waals surface area (Å²) in [6.07, 6.45) is 3.72. The van der Waals surface area contributed by atoms with E-state index in [0.717, 1.165) is 18.7 Å². The molecule has 182 valence electrons. The summed E-state index contributed by atoms with van der Waals surface area (Å²) in [6, 6.07) is -0.277. The van der Waals surface area contributed by atoms with Gasteiger partial charge in [-0.25, -0.2) is 4.68 Å². The monoisotopic (exact) mass is 452 g/mol. The highest BCUT2D eigenvalue weighted by Gasteiger charge is 2.29. The van der Waals surface area contributed by atoms with E-state index in [-0.39, 0.29) is 36.5 Å². The second-order valence-corrected chi connectivity index (χ2v) is 9.14. The minimum atomic E-state index is -0.277. The number of carbonyl (C=O) groups is 2. The van der Waals surface area contributed by atoms with E-state index in [1.165, 1.54) is 0 Å². The minimum Gasteiger partial charge on any atom is -0.394 e. The topological polar surface area (TPSA) is 104 Å². The zero-order valence-corrected chi connectivity index (χ0v) is 20.2. The Morgan fingerprint density at radius 3 is 2.81 bits per heavy atom. The van der Waals surface area contributed by atoms with Crippen LogP contribution in [0.4, 0.5) is 0 Å². The van der Waals surface area contributed by atoms with Crippen LogP contribution in [0.15, 0.2) is 6.20 Å². The summed E-state index contributed by atoms with van der Waals surface area (Å²) < 4.78 is 8.04. The maximum absolute atomic E-state index is 12.9. The van der Waals surface area contributed by atoms with Gasteiger partial charge in [0.05, 0.1) is 37.3 Å². The Kier molecular flexibility index (Phi) is 10.5. The van der Waals surface area contributed by atoms with Gasteiger partial charge in [-0.1, -0.05) is 12.1 Å². The Labute approximate surface area is 191 Å². The third-order valence-corrected chi connectivity index (χ3v) is 6.02. The lowest BCUT2D eigenvalue weighted by molar-refractivity contribution is -0.138. The standard InChI is InChI=1S/C22H40N6O4/c1-17-13-27(18(2)15-29)22(31)9-7-11-28-19(12-23-24-28)16-32-20(17)14-26(5)21(30)8-6-10-25(3)4/h12,17-18,20,29H,6-11,13-16H2,1-5H3/t17-,18+,20-/m0/s1. The molecule has 0 saturated carbocycles. The Hall–Kier alpha value is -2.04. The summed E-state index contributed by atoms with van der Waals surface area (Å²) in [4.78, 5) is 31.1. The van der Waals surface area contributed by atoms with Crippen LogP contribution in [-0.2, 0) is 27.5 Å². The first-order chi connectivity index (χ1) is 15.2. The van der Waals surface area contributed by atoms with Crippen molar-refractivity contribution in [3.05, 3.63) is 11.9 Å². The van der Waals surface area contributed by atoms with Crippen LogP contribution in [-0.4, -0.2) is 106 Å². The zero-order valence-electron chi connectivity index (χ0n) is 20.2. The van der Waals surface area contributed by atoms with Gasteiger partial charge in [0.1, 0.15) is 0 Å². The fourth-order valence-electron chi connectivity index (χ4n) is 3.86. The van der Waals surface area contributed by atoms with E-state index >= 15 is 0 Å². The van der Waals surface area contributed by atoms with Crippen LogP contribution in [0.25, 0.3) is 0 Å². The first-order valence-corrected chi connectivity index (χ1v) is 11.5. The lowest BCUT2D eigenvalue weighted by atomic mass is 10.0. The molecule has 2 rings (SSSR count). The van der Waals surface area contributed by atoms with Crippen molar-refractivity contribution in [2.24, 2.45) is 5.92 Å². The minimum absolute atomic E-state index is 0.00695. The van der Waals surface area contributed by atoms with Crippen LogP contribution >= 0.6 is 0 Å². The SMILES string of the molecule is C[C@H](CO)N1C[C@H](C)[C@H](CN(C)C(=O)CCCN(C)C)OCc2cnnn2CCCC1=O. The second-order valence-electron chi connectivity index (χ2n) is 9.14. The van der Waals surface area contributed by atoms with Gasteiger partial charge in [-0.2, -0.15) is 0 Å². The highest BCUT2D eigenvalue weighted by Crippen LogP contribution is 2.18. The van der Waals surface area contributed by atoms with Gasteiger partial charge in [-0.15, -0.1) is 5.10 Å². The normalized spacial score (nSPS) is 21.6. The summed E-state index contributed by atoms with van der Waals surface area (Å²) in [5, 5.41) is 17.8. The molecule has 2 amide bonds. The van der Waals surface area contributed by atoms with Crippen molar-refractivity contribution in [2.75, 3.05) is 47.4 Å². The van der Waals surface area contributed by atoms with E-state index in [9.17, 15) is 14.7 Å². The molecule has 2 heterocycles. The number of hydrogen-bond acceptors (Lipinski definition) is 7. The number of hydrogen-bond donors (Lipinski definition) is 1. The molecular weight excluding hydrogens is 412 g/mol. The molecule has 1 N–H and O–H groups in total. The van der Waals surface area contributed by atoms with Crippen LogP contribution in [0.3, 0.4) is 0 Å². The third-order valence-electron chi connectivity index (χ3n) is 6.02. The molecule has 3 atom stereocenters. The van der Waals surface area contributed by atoms with Crippen LogP contribution < -0.4 is 0 Å². The van der Waals surface area contributed by atoms with Gasteiger partial charge in [0.2, 0.25) is 11.8 Å². The smallest absolute Gasteiger partial charge is 0.222 e. The van der Waals surface area contributed by atoms with Crippen molar-refractivity contribution in [1.82, 2.24) is 29.7 Å². The van der Waals surface area contributed by atoms with Gasteiger partial charge < -0.3 is 24.5 Å². The number of ether oxygens (including phenoxy) is 1. The van der Waals surface area contributed by atoms with E-state index in [1.54, 1.807) is 27.7 Å². The first-order valence-electron chi connectivity index (χ1n) is 11.5. The molecular formula is C22H40N6O4. The van der Waals surface area contributed by atoms with Crippen molar-refractivity contribution < 1.29 is 19.4 Å². The number of nitrogens with zero attached hydrogens (tertiary/aromatic N) is 6. The van der Waals surface area contributed by atoms with E-state index in [1.807, 2.05) is 27.9 Å².